The molecule has 31 heavy (non-hydrogen) atoms. The molecule has 3 aliphatic rings. The zero-order chi connectivity index (χ0) is 21.4. The van der Waals surface area contributed by atoms with E-state index in [-0.39, 0.29) is 18.4 Å². The molecule has 2 aromatic rings. The highest BCUT2D eigenvalue weighted by atomic mass is 16.2. The van der Waals surface area contributed by atoms with Crippen LogP contribution < -0.4 is 0 Å². The molecule has 1 atom stereocenters. The Morgan fingerprint density at radius 3 is 2.58 bits per heavy atom. The van der Waals surface area contributed by atoms with E-state index in [1.165, 1.54) is 11.1 Å². The first-order chi connectivity index (χ1) is 15.1. The van der Waals surface area contributed by atoms with E-state index >= 15 is 0 Å². The van der Waals surface area contributed by atoms with Crippen molar-refractivity contribution in [1.29, 1.82) is 0 Å². The van der Waals surface area contributed by atoms with Gasteiger partial charge in [-0.05, 0) is 41.3 Å². The highest BCUT2D eigenvalue weighted by molar-refractivity contribution is 6.21. The number of carbonyl (C=O) groups excluding carboxylic acids is 3. The molecule has 2 aromatic carbocycles. The molecule has 0 fully saturated rings. The van der Waals surface area contributed by atoms with Crippen molar-refractivity contribution in [3.05, 3.63) is 95.1 Å². The summed E-state index contributed by atoms with van der Waals surface area (Å²) in [6, 6.07) is 14.8. The minimum Gasteiger partial charge on any atom is -0.334 e. The Balaban J connectivity index is 1.28. The molecule has 4 amide bonds. The van der Waals surface area contributed by atoms with E-state index < -0.39 is 11.9 Å². The number of rotatable bonds is 3. The van der Waals surface area contributed by atoms with E-state index in [0.717, 1.165) is 16.9 Å². The first-order valence-electron chi connectivity index (χ1n) is 10.3. The maximum Gasteiger partial charge on any atom is 0.350 e. The first-order valence-corrected chi connectivity index (χ1v) is 10.3. The van der Waals surface area contributed by atoms with Gasteiger partial charge in [-0.2, -0.15) is 4.99 Å². The van der Waals surface area contributed by atoms with Gasteiger partial charge in [0.2, 0.25) is 5.91 Å². The van der Waals surface area contributed by atoms with Gasteiger partial charge in [0.15, 0.2) is 0 Å². The Kier molecular flexibility index (Phi) is 4.82. The molecule has 2 aliphatic heterocycles. The lowest BCUT2D eigenvalue weighted by Gasteiger charge is -2.29. The van der Waals surface area contributed by atoms with Gasteiger partial charge in [-0.1, -0.05) is 54.6 Å². The smallest absolute Gasteiger partial charge is 0.334 e. The average molecular weight is 411 g/mol. The Bertz CT molecular complexity index is 1160. The summed E-state index contributed by atoms with van der Waals surface area (Å²) < 4.78 is 0. The van der Waals surface area contributed by atoms with Crippen molar-refractivity contribution >= 4 is 23.6 Å². The van der Waals surface area contributed by atoms with Crippen LogP contribution in [-0.2, 0) is 24.3 Å². The van der Waals surface area contributed by atoms with E-state index in [1.807, 2.05) is 17.0 Å². The zero-order valence-corrected chi connectivity index (χ0v) is 16.9. The molecule has 6 heteroatoms. The van der Waals surface area contributed by atoms with Crippen LogP contribution in [0.3, 0.4) is 0 Å². The van der Waals surface area contributed by atoms with Crippen LogP contribution in [0.5, 0.6) is 0 Å². The van der Waals surface area contributed by atoms with E-state index in [9.17, 15) is 14.4 Å². The van der Waals surface area contributed by atoms with Crippen molar-refractivity contribution in [1.82, 2.24) is 9.80 Å². The standard InChI is InChI=1S/C25H21N3O3/c29-23(27-14-13-18-5-1-2-6-20(18)16-27)19-11-9-17(10-12-19)15-28-24(30)21-7-3-4-8-22(21)26-25(28)31/h1-12,21H,13-16H2. The Morgan fingerprint density at radius 2 is 1.77 bits per heavy atom. The van der Waals surface area contributed by atoms with Gasteiger partial charge in [-0.15, -0.1) is 0 Å². The number of hydrogen-bond acceptors (Lipinski definition) is 3. The second-order valence-corrected chi connectivity index (χ2v) is 7.91. The summed E-state index contributed by atoms with van der Waals surface area (Å²) in [5.74, 6) is -0.798. The van der Waals surface area contributed by atoms with Crippen LogP contribution in [0.2, 0.25) is 0 Å². The number of aliphatic imine (C=N–C) groups is 1. The van der Waals surface area contributed by atoms with Crippen LogP contribution in [0.25, 0.3) is 0 Å². The predicted octanol–water partition coefficient (Wildman–Crippen LogP) is 3.53. The summed E-state index contributed by atoms with van der Waals surface area (Å²) in [7, 11) is 0. The van der Waals surface area contributed by atoms with Crippen molar-refractivity contribution in [3.8, 4) is 0 Å². The minimum atomic E-state index is -0.552. The summed E-state index contributed by atoms with van der Waals surface area (Å²) in [6.07, 6.45) is 7.85. The summed E-state index contributed by atoms with van der Waals surface area (Å²) in [5.41, 5.74) is 4.34. The maximum atomic E-state index is 12.9. The number of amides is 4. The topological polar surface area (TPSA) is 70.0 Å². The summed E-state index contributed by atoms with van der Waals surface area (Å²) >= 11 is 0. The molecule has 1 unspecified atom stereocenters. The molecule has 0 saturated heterocycles. The number of carbonyl (C=O) groups is 3. The third-order valence-electron chi connectivity index (χ3n) is 5.95. The molecule has 0 saturated carbocycles. The molecular formula is C25H21N3O3. The Morgan fingerprint density at radius 1 is 1.00 bits per heavy atom. The third-order valence-corrected chi connectivity index (χ3v) is 5.95. The molecule has 0 aromatic heterocycles. The van der Waals surface area contributed by atoms with E-state index in [0.29, 0.717) is 24.4 Å². The van der Waals surface area contributed by atoms with Crippen molar-refractivity contribution in [3.63, 3.8) is 0 Å². The highest BCUT2D eigenvalue weighted by Crippen LogP contribution is 2.23. The van der Waals surface area contributed by atoms with Gasteiger partial charge < -0.3 is 4.90 Å². The van der Waals surface area contributed by atoms with Gasteiger partial charge in [0.25, 0.3) is 5.91 Å². The van der Waals surface area contributed by atoms with Gasteiger partial charge in [0.05, 0.1) is 18.2 Å². The molecule has 0 bridgehead atoms. The lowest BCUT2D eigenvalue weighted by atomic mass is 9.95. The molecule has 1 aliphatic carbocycles. The molecule has 2 heterocycles. The summed E-state index contributed by atoms with van der Waals surface area (Å²) in [5, 5.41) is 0. The van der Waals surface area contributed by atoms with Gasteiger partial charge in [-0.3, -0.25) is 14.5 Å². The van der Waals surface area contributed by atoms with Gasteiger partial charge >= 0.3 is 6.03 Å². The van der Waals surface area contributed by atoms with Gasteiger partial charge in [0.1, 0.15) is 0 Å². The largest absolute Gasteiger partial charge is 0.350 e. The second kappa shape index (κ2) is 7.80. The van der Waals surface area contributed by atoms with Crippen LogP contribution in [0, 0.1) is 5.92 Å². The van der Waals surface area contributed by atoms with E-state index in [2.05, 4.69) is 17.1 Å². The number of nitrogens with zero attached hydrogens (tertiary/aromatic N) is 3. The quantitative estimate of drug-likeness (QED) is 0.776. The maximum absolute atomic E-state index is 12.9. The average Bonchev–Trinajstić information content (AvgIpc) is 2.81. The van der Waals surface area contributed by atoms with Gasteiger partial charge in [0, 0.05) is 18.7 Å². The molecule has 5 rings (SSSR count). The number of hydrogen-bond donors (Lipinski definition) is 0. The van der Waals surface area contributed by atoms with Crippen LogP contribution in [0.15, 0.2) is 77.8 Å². The predicted molar refractivity (Wildman–Crippen MR) is 116 cm³/mol. The fourth-order valence-corrected chi connectivity index (χ4v) is 4.21. The molecule has 0 N–H and O–H groups in total. The Labute approximate surface area is 180 Å². The third kappa shape index (κ3) is 3.61. The normalized spacial score (nSPS) is 19.7. The number of benzene rings is 2. The van der Waals surface area contributed by atoms with Crippen LogP contribution in [0.1, 0.15) is 27.0 Å². The summed E-state index contributed by atoms with van der Waals surface area (Å²) in [4.78, 5) is 45.1. The number of allylic oxidation sites excluding steroid dienone is 3. The van der Waals surface area contributed by atoms with E-state index in [1.54, 1.807) is 48.6 Å². The summed E-state index contributed by atoms with van der Waals surface area (Å²) in [6.45, 7) is 1.43. The SMILES string of the molecule is O=C(c1ccc(CN2C(=O)N=C3C=CC=CC3C2=O)cc1)N1CCc2ccccc2C1. The Hall–Kier alpha value is -3.80. The van der Waals surface area contributed by atoms with Crippen molar-refractivity contribution in [2.24, 2.45) is 10.9 Å². The molecule has 154 valence electrons. The van der Waals surface area contributed by atoms with Crippen LogP contribution in [-0.4, -0.2) is 39.9 Å². The number of urea groups is 1. The first kappa shape index (κ1) is 19.2. The zero-order valence-electron chi connectivity index (χ0n) is 16.9. The van der Waals surface area contributed by atoms with E-state index in [4.69, 9.17) is 0 Å². The molecule has 0 radical (unpaired) electrons. The van der Waals surface area contributed by atoms with Crippen molar-refractivity contribution < 1.29 is 14.4 Å². The highest BCUT2D eigenvalue weighted by Gasteiger charge is 2.35. The minimum absolute atomic E-state index is 0.0143. The number of imide groups is 1. The van der Waals surface area contributed by atoms with Crippen LogP contribution >= 0.6 is 0 Å². The van der Waals surface area contributed by atoms with Gasteiger partial charge in [-0.25, -0.2) is 4.79 Å². The fourth-order valence-electron chi connectivity index (χ4n) is 4.21. The van der Waals surface area contributed by atoms with Crippen LogP contribution in [0.4, 0.5) is 4.79 Å². The molecule has 0 spiro atoms. The fraction of sp³-hybridized carbons (Fsp3) is 0.200. The van der Waals surface area contributed by atoms with Crippen molar-refractivity contribution in [2.45, 2.75) is 19.5 Å². The molecule has 6 nitrogen and oxygen atoms in total. The molecular weight excluding hydrogens is 390 g/mol. The number of fused-ring (bicyclic) bond motifs is 2. The lowest BCUT2D eigenvalue weighted by Crippen LogP contribution is -2.45. The lowest BCUT2D eigenvalue weighted by molar-refractivity contribution is -0.129. The monoisotopic (exact) mass is 411 g/mol. The second-order valence-electron chi connectivity index (χ2n) is 7.91. The van der Waals surface area contributed by atoms with Crippen molar-refractivity contribution in [2.75, 3.05) is 6.54 Å².